The maximum atomic E-state index is 2.52. The lowest BCUT2D eigenvalue weighted by Gasteiger charge is -2.35. The summed E-state index contributed by atoms with van der Waals surface area (Å²) in [5, 5.41) is 1.29. The number of para-hydroxylation sites is 4. The normalized spacial score (nSPS) is 15.9. The maximum absolute atomic E-state index is 2.52. The number of allylic oxidation sites excluding steroid dienone is 1. The molecule has 0 saturated carbocycles. The molecule has 0 unspecified atom stereocenters. The highest BCUT2D eigenvalue weighted by Crippen LogP contribution is 2.53. The number of benzene rings is 7. The molecule has 1 aromatic heterocycles. The van der Waals surface area contributed by atoms with Crippen LogP contribution in [0.15, 0.2) is 173 Å². The summed E-state index contributed by atoms with van der Waals surface area (Å²) in [6.07, 6.45) is 11.3. The summed E-state index contributed by atoms with van der Waals surface area (Å²) in [6.45, 7) is 5.85. The minimum absolute atomic E-state index is 0.101. The zero-order valence-corrected chi connectivity index (χ0v) is 34.8. The topological polar surface area (TPSA) is 11.4 Å². The van der Waals surface area contributed by atoms with Gasteiger partial charge in [0.15, 0.2) is 0 Å². The molecule has 0 atom stereocenters. The van der Waals surface area contributed by atoms with Crippen molar-refractivity contribution >= 4 is 63.6 Å². The summed E-state index contributed by atoms with van der Waals surface area (Å²) in [7, 11) is 0. The second kappa shape index (κ2) is 13.8. The first-order valence-electron chi connectivity index (χ1n) is 21.4. The number of fused-ring (bicyclic) bond motifs is 9. The van der Waals surface area contributed by atoms with Crippen LogP contribution in [0.1, 0.15) is 65.8 Å². The third-order valence-electron chi connectivity index (χ3n) is 13.4. The molecule has 0 bridgehead atoms. The quantitative estimate of drug-likeness (QED) is 0.161. The predicted octanol–water partition coefficient (Wildman–Crippen LogP) is 14.8. The van der Waals surface area contributed by atoms with Crippen molar-refractivity contribution in [2.45, 2.75) is 54.7 Å². The highest BCUT2D eigenvalue weighted by atomic mass is 32.2. The molecule has 0 spiro atoms. The number of hydrogen-bond acceptors (Lipinski definition) is 3. The molecule has 2 aliphatic carbocycles. The van der Waals surface area contributed by atoms with E-state index in [1.54, 1.807) is 0 Å². The monoisotopic (exact) mass is 791 g/mol. The molecular formula is C56H45N3S. The van der Waals surface area contributed by atoms with E-state index in [9.17, 15) is 0 Å². The van der Waals surface area contributed by atoms with Gasteiger partial charge < -0.3 is 14.4 Å². The largest absolute Gasteiger partial charge is 0.341 e. The van der Waals surface area contributed by atoms with Crippen LogP contribution in [0.4, 0.5) is 22.7 Å². The van der Waals surface area contributed by atoms with Crippen molar-refractivity contribution in [3.63, 3.8) is 0 Å². The summed E-state index contributed by atoms with van der Waals surface area (Å²) in [4.78, 5) is 7.64. The second-order valence-corrected chi connectivity index (χ2v) is 18.3. The second-order valence-electron chi connectivity index (χ2n) is 17.2. The van der Waals surface area contributed by atoms with Crippen LogP contribution in [0.2, 0.25) is 0 Å². The Morgan fingerprint density at radius 1 is 0.567 bits per heavy atom. The molecular weight excluding hydrogens is 747 g/mol. The molecule has 12 rings (SSSR count). The summed E-state index contributed by atoms with van der Waals surface area (Å²) in [5.74, 6) is 0. The molecule has 0 N–H and O–H groups in total. The SMILES string of the molecule is CC1(C)c2cc(/C=C/c3ccc4c(c3)c3c(n4-c4ccccc4)CCC(N4c5ccccc5Sc5ccccc54)=C3)ccc2-c2ccc(N3CCCc4ccccc43)cc21. The fraction of sp³-hybridized carbons (Fsp3) is 0.143. The van der Waals surface area contributed by atoms with E-state index in [4.69, 9.17) is 0 Å². The third kappa shape index (κ3) is 5.58. The van der Waals surface area contributed by atoms with Gasteiger partial charge in [-0.25, -0.2) is 0 Å². The number of hydrogen-bond donors (Lipinski definition) is 0. The van der Waals surface area contributed by atoms with Crippen molar-refractivity contribution in [3.8, 4) is 16.8 Å². The zero-order chi connectivity index (χ0) is 40.0. The highest BCUT2D eigenvalue weighted by Gasteiger charge is 2.36. The zero-order valence-electron chi connectivity index (χ0n) is 34.0. The van der Waals surface area contributed by atoms with Gasteiger partial charge in [-0.05, 0) is 137 Å². The van der Waals surface area contributed by atoms with Gasteiger partial charge in [-0.3, -0.25) is 0 Å². The van der Waals surface area contributed by atoms with Crippen molar-refractivity contribution in [1.29, 1.82) is 0 Å². The average Bonchev–Trinajstić information content (AvgIpc) is 3.74. The Morgan fingerprint density at radius 2 is 1.22 bits per heavy atom. The van der Waals surface area contributed by atoms with Crippen LogP contribution in [0, 0.1) is 0 Å². The molecule has 2 aliphatic heterocycles. The van der Waals surface area contributed by atoms with Gasteiger partial charge in [0.1, 0.15) is 0 Å². The van der Waals surface area contributed by atoms with Gasteiger partial charge in [-0.1, -0.05) is 129 Å². The van der Waals surface area contributed by atoms with Gasteiger partial charge >= 0.3 is 0 Å². The Balaban J connectivity index is 0.910. The van der Waals surface area contributed by atoms with Crippen molar-refractivity contribution < 1.29 is 0 Å². The lowest BCUT2D eigenvalue weighted by molar-refractivity contribution is 0.659. The number of anilines is 4. The van der Waals surface area contributed by atoms with Gasteiger partial charge in [-0.15, -0.1) is 0 Å². The fourth-order valence-corrected chi connectivity index (χ4v) is 11.5. The van der Waals surface area contributed by atoms with E-state index in [1.165, 1.54) is 111 Å². The standard InChI is InChI=1S/C56H45N3S/c1-56(2)47-34-38(24-28-43(47)44-29-26-41(36-48(44)56)57-32-12-14-39-13-6-7-17-49(39)57)23-22-37-25-30-50-45(33-37)46-35-42(27-31-51(46)58(50)40-15-4-3-5-16-40)59-52-18-8-10-20-54(52)60-55-21-11-9-19-53(55)59/h3-11,13,15-26,28-30,33-36H,12,14,27,31-32H2,1-2H3/b23-22+. The summed E-state index contributed by atoms with van der Waals surface area (Å²) >= 11 is 1.87. The van der Waals surface area contributed by atoms with E-state index in [2.05, 4.69) is 204 Å². The molecule has 290 valence electrons. The first-order chi connectivity index (χ1) is 29.5. The molecule has 3 heterocycles. The molecule has 0 radical (unpaired) electrons. The van der Waals surface area contributed by atoms with E-state index in [1.807, 2.05) is 11.8 Å². The molecule has 3 nitrogen and oxygen atoms in total. The van der Waals surface area contributed by atoms with Crippen LogP contribution in [0.3, 0.4) is 0 Å². The van der Waals surface area contributed by atoms with Gasteiger partial charge in [0.2, 0.25) is 0 Å². The van der Waals surface area contributed by atoms with E-state index < -0.39 is 0 Å². The Hall–Kier alpha value is -6.49. The number of nitrogens with zero attached hydrogens (tertiary/aromatic N) is 3. The molecule has 0 saturated heterocycles. The van der Waals surface area contributed by atoms with Crippen molar-refractivity contribution in [2.24, 2.45) is 0 Å². The Morgan fingerprint density at radius 3 is 2.00 bits per heavy atom. The third-order valence-corrected chi connectivity index (χ3v) is 14.5. The first kappa shape index (κ1) is 35.5. The lowest BCUT2D eigenvalue weighted by Crippen LogP contribution is -2.25. The molecule has 0 fully saturated rings. The van der Waals surface area contributed by atoms with Crippen LogP contribution in [0.25, 0.3) is 45.9 Å². The Kier molecular flexibility index (Phi) is 8.15. The molecule has 8 aromatic rings. The average molecular weight is 792 g/mol. The van der Waals surface area contributed by atoms with E-state index >= 15 is 0 Å². The van der Waals surface area contributed by atoms with Gasteiger partial charge in [0.25, 0.3) is 0 Å². The minimum atomic E-state index is -0.101. The van der Waals surface area contributed by atoms with Crippen molar-refractivity contribution in [2.75, 3.05) is 16.3 Å². The van der Waals surface area contributed by atoms with Crippen LogP contribution < -0.4 is 9.80 Å². The summed E-state index contributed by atoms with van der Waals surface area (Å²) in [6, 6.07) is 58.8. The van der Waals surface area contributed by atoms with Crippen LogP contribution in [-0.4, -0.2) is 11.1 Å². The summed E-state index contributed by atoms with van der Waals surface area (Å²) < 4.78 is 2.50. The molecule has 60 heavy (non-hydrogen) atoms. The van der Waals surface area contributed by atoms with Gasteiger partial charge in [0.05, 0.1) is 16.9 Å². The van der Waals surface area contributed by atoms with E-state index in [-0.39, 0.29) is 5.41 Å². The van der Waals surface area contributed by atoms with E-state index in [0.717, 1.165) is 25.8 Å². The molecule has 0 amide bonds. The van der Waals surface area contributed by atoms with Crippen LogP contribution in [-0.2, 0) is 18.3 Å². The first-order valence-corrected chi connectivity index (χ1v) is 22.2. The smallest absolute Gasteiger partial charge is 0.0598 e. The number of aryl methyl sites for hydroxylation is 1. The molecule has 4 heteroatoms. The van der Waals surface area contributed by atoms with Crippen LogP contribution >= 0.6 is 11.8 Å². The Bertz CT molecular complexity index is 3050. The number of aromatic nitrogens is 1. The van der Waals surface area contributed by atoms with Crippen LogP contribution in [0.5, 0.6) is 0 Å². The Labute approximate surface area is 356 Å². The summed E-state index contributed by atoms with van der Waals surface area (Å²) in [5.41, 5.74) is 21.0. The fourth-order valence-electron chi connectivity index (χ4n) is 10.5. The maximum Gasteiger partial charge on any atom is 0.0598 e. The highest BCUT2D eigenvalue weighted by molar-refractivity contribution is 7.99. The van der Waals surface area contributed by atoms with Crippen molar-refractivity contribution in [3.05, 3.63) is 202 Å². The van der Waals surface area contributed by atoms with Crippen molar-refractivity contribution in [1.82, 2.24) is 4.57 Å². The lowest BCUT2D eigenvalue weighted by atomic mass is 9.81. The molecule has 7 aromatic carbocycles. The predicted molar refractivity (Wildman–Crippen MR) is 253 cm³/mol. The molecule has 4 aliphatic rings. The van der Waals surface area contributed by atoms with Gasteiger partial charge in [0, 0.05) is 61.2 Å². The van der Waals surface area contributed by atoms with E-state index in [0.29, 0.717) is 0 Å². The number of rotatable bonds is 5. The van der Waals surface area contributed by atoms with Gasteiger partial charge in [-0.2, -0.15) is 0 Å². The minimum Gasteiger partial charge on any atom is -0.341 e.